The Morgan fingerprint density at radius 1 is 1.47 bits per heavy atom. The monoisotopic (exact) mass is 323 g/mol. The Kier molecular flexibility index (Phi) is 3.90. The summed E-state index contributed by atoms with van der Waals surface area (Å²) in [5.74, 6) is -0.966. The average molecular weight is 324 g/mol. The van der Waals surface area contributed by atoms with E-state index in [9.17, 15) is 4.79 Å². The standard InChI is InChI=1S/C13H14BrN3O2/c1-8(2)17-7-10(6-15-17)16-12-5-9(14)3-4-11(12)13(18)19/h3-8,16H,1-2H3,(H,18,19). The van der Waals surface area contributed by atoms with Gasteiger partial charge in [0.05, 0.1) is 23.1 Å². The number of nitrogens with one attached hydrogen (secondary N) is 1. The van der Waals surface area contributed by atoms with Crippen molar-refractivity contribution in [1.29, 1.82) is 0 Å². The van der Waals surface area contributed by atoms with E-state index in [1.165, 1.54) is 0 Å². The van der Waals surface area contributed by atoms with Crippen LogP contribution in [0.3, 0.4) is 0 Å². The summed E-state index contributed by atoms with van der Waals surface area (Å²) in [6.45, 7) is 4.05. The molecule has 2 N–H and O–H groups in total. The first-order valence-corrected chi connectivity index (χ1v) is 6.60. The van der Waals surface area contributed by atoms with E-state index in [-0.39, 0.29) is 11.6 Å². The first-order valence-electron chi connectivity index (χ1n) is 5.81. The Morgan fingerprint density at radius 3 is 2.79 bits per heavy atom. The van der Waals surface area contributed by atoms with Crippen molar-refractivity contribution in [2.75, 3.05) is 5.32 Å². The van der Waals surface area contributed by atoms with Gasteiger partial charge in [-0.2, -0.15) is 5.10 Å². The molecule has 1 heterocycles. The molecule has 0 atom stereocenters. The Morgan fingerprint density at radius 2 is 2.21 bits per heavy atom. The molecule has 5 nitrogen and oxygen atoms in total. The van der Waals surface area contributed by atoms with Crippen LogP contribution < -0.4 is 5.32 Å². The highest BCUT2D eigenvalue weighted by atomic mass is 79.9. The number of aromatic carboxylic acids is 1. The van der Waals surface area contributed by atoms with Gasteiger partial charge >= 0.3 is 5.97 Å². The van der Waals surface area contributed by atoms with Gasteiger partial charge in [-0.15, -0.1) is 0 Å². The van der Waals surface area contributed by atoms with Crippen molar-refractivity contribution in [3.8, 4) is 0 Å². The lowest BCUT2D eigenvalue weighted by molar-refractivity contribution is 0.0698. The van der Waals surface area contributed by atoms with Gasteiger partial charge < -0.3 is 10.4 Å². The molecule has 0 bridgehead atoms. The molecule has 1 aromatic heterocycles. The smallest absolute Gasteiger partial charge is 0.337 e. The molecule has 2 rings (SSSR count). The van der Waals surface area contributed by atoms with Gasteiger partial charge in [-0.25, -0.2) is 4.79 Å². The minimum absolute atomic E-state index is 0.223. The van der Waals surface area contributed by atoms with Gasteiger partial charge in [0.1, 0.15) is 0 Å². The molecular formula is C13H14BrN3O2. The van der Waals surface area contributed by atoms with Crippen LogP contribution in [0.1, 0.15) is 30.2 Å². The van der Waals surface area contributed by atoms with Crippen molar-refractivity contribution in [3.63, 3.8) is 0 Å². The second kappa shape index (κ2) is 5.44. The van der Waals surface area contributed by atoms with Gasteiger partial charge in [0.15, 0.2) is 0 Å². The summed E-state index contributed by atoms with van der Waals surface area (Å²) in [7, 11) is 0. The molecule has 6 heteroatoms. The van der Waals surface area contributed by atoms with Crippen LogP contribution in [0.15, 0.2) is 35.1 Å². The maximum absolute atomic E-state index is 11.2. The number of carboxylic acids is 1. The minimum atomic E-state index is -0.966. The highest BCUT2D eigenvalue weighted by Crippen LogP contribution is 2.25. The highest BCUT2D eigenvalue weighted by Gasteiger charge is 2.11. The highest BCUT2D eigenvalue weighted by molar-refractivity contribution is 9.10. The van der Waals surface area contributed by atoms with Crippen molar-refractivity contribution >= 4 is 33.3 Å². The zero-order chi connectivity index (χ0) is 14.0. The lowest BCUT2D eigenvalue weighted by Gasteiger charge is -2.08. The van der Waals surface area contributed by atoms with Crippen LogP contribution in [-0.4, -0.2) is 20.9 Å². The number of hydrogen-bond donors (Lipinski definition) is 2. The predicted octanol–water partition coefficient (Wildman–Crippen LogP) is 3.67. The van der Waals surface area contributed by atoms with Crippen LogP contribution in [0.25, 0.3) is 0 Å². The maximum Gasteiger partial charge on any atom is 0.337 e. The van der Waals surface area contributed by atoms with Crippen molar-refractivity contribution in [3.05, 3.63) is 40.6 Å². The average Bonchev–Trinajstić information content (AvgIpc) is 2.77. The lowest BCUT2D eigenvalue weighted by atomic mass is 10.2. The number of carboxylic acid groups (broad SMARTS) is 1. The van der Waals surface area contributed by atoms with Crippen molar-refractivity contribution in [2.45, 2.75) is 19.9 Å². The van der Waals surface area contributed by atoms with Crippen LogP contribution in [0.2, 0.25) is 0 Å². The largest absolute Gasteiger partial charge is 0.478 e. The Bertz CT molecular complexity index is 608. The first kappa shape index (κ1) is 13.6. The summed E-state index contributed by atoms with van der Waals surface area (Å²) in [6, 6.07) is 5.25. The van der Waals surface area contributed by atoms with Crippen LogP contribution in [0.4, 0.5) is 11.4 Å². The third kappa shape index (κ3) is 3.14. The Balaban J connectivity index is 2.31. The quantitative estimate of drug-likeness (QED) is 0.900. The molecule has 0 aliphatic carbocycles. The van der Waals surface area contributed by atoms with E-state index in [4.69, 9.17) is 5.11 Å². The van der Waals surface area contributed by atoms with Gasteiger partial charge in [-0.3, -0.25) is 4.68 Å². The van der Waals surface area contributed by atoms with E-state index in [1.807, 2.05) is 20.0 Å². The minimum Gasteiger partial charge on any atom is -0.478 e. The van der Waals surface area contributed by atoms with E-state index in [2.05, 4.69) is 26.3 Å². The van der Waals surface area contributed by atoms with Gasteiger partial charge in [-0.1, -0.05) is 15.9 Å². The molecule has 0 fully saturated rings. The second-order valence-corrected chi connectivity index (χ2v) is 5.34. The molecule has 0 amide bonds. The predicted molar refractivity (Wildman–Crippen MR) is 77.0 cm³/mol. The van der Waals surface area contributed by atoms with Crippen molar-refractivity contribution in [1.82, 2.24) is 9.78 Å². The Labute approximate surface area is 119 Å². The van der Waals surface area contributed by atoms with E-state index in [0.717, 1.165) is 10.2 Å². The molecule has 0 aliphatic rings. The normalized spacial score (nSPS) is 10.7. The fraction of sp³-hybridized carbons (Fsp3) is 0.231. The number of anilines is 2. The zero-order valence-corrected chi connectivity index (χ0v) is 12.2. The summed E-state index contributed by atoms with van der Waals surface area (Å²) in [6.07, 6.45) is 3.52. The fourth-order valence-corrected chi connectivity index (χ4v) is 2.01. The summed E-state index contributed by atoms with van der Waals surface area (Å²) in [5, 5.41) is 16.4. The third-order valence-corrected chi connectivity index (χ3v) is 3.11. The van der Waals surface area contributed by atoms with E-state index in [0.29, 0.717) is 5.69 Å². The third-order valence-electron chi connectivity index (χ3n) is 2.62. The number of nitrogens with zero attached hydrogens (tertiary/aromatic N) is 2. The molecule has 2 aromatic rings. The molecule has 0 spiro atoms. The Hall–Kier alpha value is -1.82. The topological polar surface area (TPSA) is 67.2 Å². The number of rotatable bonds is 4. The molecule has 0 unspecified atom stereocenters. The maximum atomic E-state index is 11.2. The van der Waals surface area contributed by atoms with Crippen LogP contribution in [0, 0.1) is 0 Å². The van der Waals surface area contributed by atoms with Crippen LogP contribution >= 0.6 is 15.9 Å². The van der Waals surface area contributed by atoms with Gasteiger partial charge in [-0.05, 0) is 32.0 Å². The van der Waals surface area contributed by atoms with E-state index < -0.39 is 5.97 Å². The SMILES string of the molecule is CC(C)n1cc(Nc2cc(Br)ccc2C(=O)O)cn1. The molecule has 0 radical (unpaired) electrons. The summed E-state index contributed by atoms with van der Waals surface area (Å²) in [5.41, 5.74) is 1.51. The number of benzene rings is 1. The van der Waals surface area contributed by atoms with Gasteiger partial charge in [0.25, 0.3) is 0 Å². The molecule has 19 heavy (non-hydrogen) atoms. The zero-order valence-electron chi connectivity index (χ0n) is 10.6. The lowest BCUT2D eigenvalue weighted by Crippen LogP contribution is -2.02. The molecular weight excluding hydrogens is 310 g/mol. The molecule has 1 aromatic carbocycles. The molecule has 0 saturated carbocycles. The van der Waals surface area contributed by atoms with Crippen molar-refractivity contribution < 1.29 is 9.90 Å². The summed E-state index contributed by atoms with van der Waals surface area (Å²) >= 11 is 3.33. The fourth-order valence-electron chi connectivity index (χ4n) is 1.65. The van der Waals surface area contributed by atoms with Crippen LogP contribution in [-0.2, 0) is 0 Å². The second-order valence-electron chi connectivity index (χ2n) is 4.42. The number of halogens is 1. The summed E-state index contributed by atoms with van der Waals surface area (Å²) < 4.78 is 2.62. The number of aromatic nitrogens is 2. The van der Waals surface area contributed by atoms with Gasteiger partial charge in [0, 0.05) is 16.7 Å². The van der Waals surface area contributed by atoms with Gasteiger partial charge in [0.2, 0.25) is 0 Å². The van der Waals surface area contributed by atoms with E-state index >= 15 is 0 Å². The summed E-state index contributed by atoms with van der Waals surface area (Å²) in [4.78, 5) is 11.2. The molecule has 100 valence electrons. The molecule has 0 aliphatic heterocycles. The van der Waals surface area contributed by atoms with E-state index in [1.54, 1.807) is 29.1 Å². The number of hydrogen-bond acceptors (Lipinski definition) is 3. The molecule has 0 saturated heterocycles. The first-order chi connectivity index (χ1) is 8.97. The van der Waals surface area contributed by atoms with Crippen molar-refractivity contribution in [2.24, 2.45) is 0 Å². The van der Waals surface area contributed by atoms with Crippen LogP contribution in [0.5, 0.6) is 0 Å². The number of carbonyl (C=O) groups is 1.